The van der Waals surface area contributed by atoms with Crippen molar-refractivity contribution in [1.82, 2.24) is 5.32 Å². The number of aliphatic hydroxyl groups is 1. The summed E-state index contributed by atoms with van der Waals surface area (Å²) in [6.45, 7) is 3.68. The molecule has 0 spiro atoms. The number of sulfone groups is 1. The van der Waals surface area contributed by atoms with Crippen molar-refractivity contribution < 1.29 is 17.9 Å². The second kappa shape index (κ2) is 6.18. The van der Waals surface area contributed by atoms with Crippen LogP contribution < -0.4 is 5.32 Å². The van der Waals surface area contributed by atoms with Crippen LogP contribution in [-0.2, 0) is 9.84 Å². The third-order valence-electron chi connectivity index (χ3n) is 2.48. The Hall–Kier alpha value is -0.850. The Kier molecular flexibility index (Phi) is 5.17. The number of hydrogen-bond acceptors (Lipinski definition) is 5. The zero-order valence-corrected chi connectivity index (χ0v) is 10.9. The number of aliphatic hydroxyl groups excluding tert-OH is 1. The molecule has 0 bridgehead atoms. The standard InChI is InChI=1S/C11H19NO4S/c1-3-17(14,15)8-9(2)12-7-10(13)11-5-4-6-16-11/h4-6,9-10,12-13H,3,7-8H2,1-2H3. The maximum Gasteiger partial charge on any atom is 0.151 e. The molecule has 0 saturated heterocycles. The highest BCUT2D eigenvalue weighted by Gasteiger charge is 2.16. The molecule has 0 aliphatic heterocycles. The van der Waals surface area contributed by atoms with Crippen molar-refractivity contribution in [2.45, 2.75) is 26.0 Å². The third-order valence-corrected chi connectivity index (χ3v) is 4.36. The van der Waals surface area contributed by atoms with Crippen molar-refractivity contribution in [2.24, 2.45) is 0 Å². The molecule has 2 unspecified atom stereocenters. The first-order valence-corrected chi connectivity index (χ1v) is 7.42. The first kappa shape index (κ1) is 14.2. The van der Waals surface area contributed by atoms with Crippen LogP contribution in [0.15, 0.2) is 22.8 Å². The first-order valence-electron chi connectivity index (χ1n) is 5.60. The monoisotopic (exact) mass is 261 g/mol. The highest BCUT2D eigenvalue weighted by atomic mass is 32.2. The van der Waals surface area contributed by atoms with Crippen molar-refractivity contribution in [3.8, 4) is 0 Å². The molecular formula is C11H19NO4S. The lowest BCUT2D eigenvalue weighted by atomic mass is 10.2. The molecule has 0 aliphatic carbocycles. The van der Waals surface area contributed by atoms with E-state index >= 15 is 0 Å². The molecule has 2 atom stereocenters. The maximum absolute atomic E-state index is 11.4. The predicted molar refractivity (Wildman–Crippen MR) is 65.5 cm³/mol. The van der Waals surface area contributed by atoms with Crippen molar-refractivity contribution >= 4 is 9.84 Å². The molecule has 98 valence electrons. The van der Waals surface area contributed by atoms with Crippen LogP contribution in [-0.4, -0.2) is 37.6 Å². The zero-order valence-electron chi connectivity index (χ0n) is 10.1. The fraction of sp³-hybridized carbons (Fsp3) is 0.636. The molecule has 1 aromatic heterocycles. The molecular weight excluding hydrogens is 242 g/mol. The molecule has 0 aromatic carbocycles. The molecule has 0 aliphatic rings. The van der Waals surface area contributed by atoms with E-state index in [1.807, 2.05) is 0 Å². The van der Waals surface area contributed by atoms with E-state index in [-0.39, 0.29) is 24.1 Å². The minimum Gasteiger partial charge on any atom is -0.467 e. The average molecular weight is 261 g/mol. The van der Waals surface area contributed by atoms with Gasteiger partial charge in [0.25, 0.3) is 0 Å². The molecule has 0 amide bonds. The minimum atomic E-state index is -2.99. The largest absolute Gasteiger partial charge is 0.467 e. The highest BCUT2D eigenvalue weighted by molar-refractivity contribution is 7.91. The zero-order chi connectivity index (χ0) is 12.9. The van der Waals surface area contributed by atoms with Gasteiger partial charge in [-0.25, -0.2) is 8.42 Å². The second-order valence-electron chi connectivity index (χ2n) is 4.04. The van der Waals surface area contributed by atoms with Gasteiger partial charge in [0.1, 0.15) is 11.9 Å². The van der Waals surface area contributed by atoms with Crippen LogP contribution in [0.3, 0.4) is 0 Å². The lowest BCUT2D eigenvalue weighted by Crippen LogP contribution is -2.36. The van der Waals surface area contributed by atoms with Gasteiger partial charge in [0, 0.05) is 18.3 Å². The van der Waals surface area contributed by atoms with Gasteiger partial charge in [-0.3, -0.25) is 0 Å². The molecule has 6 heteroatoms. The number of hydrogen-bond donors (Lipinski definition) is 2. The van der Waals surface area contributed by atoms with Crippen LogP contribution in [0.25, 0.3) is 0 Å². The number of rotatable bonds is 7. The summed E-state index contributed by atoms with van der Waals surface area (Å²) in [5, 5.41) is 12.7. The summed E-state index contributed by atoms with van der Waals surface area (Å²) in [7, 11) is -2.99. The van der Waals surface area contributed by atoms with Crippen molar-refractivity contribution in [2.75, 3.05) is 18.1 Å². The molecule has 5 nitrogen and oxygen atoms in total. The van der Waals surface area contributed by atoms with Gasteiger partial charge in [-0.15, -0.1) is 0 Å². The van der Waals surface area contributed by atoms with Crippen molar-refractivity contribution in [3.05, 3.63) is 24.2 Å². The Bertz CT molecular complexity index is 413. The fourth-order valence-electron chi connectivity index (χ4n) is 1.45. The summed E-state index contributed by atoms with van der Waals surface area (Å²) < 4.78 is 27.8. The first-order chi connectivity index (χ1) is 7.94. The summed E-state index contributed by atoms with van der Waals surface area (Å²) in [5.41, 5.74) is 0. The molecule has 0 fully saturated rings. The maximum atomic E-state index is 11.4. The Labute approximate surface area is 102 Å². The van der Waals surface area contributed by atoms with Gasteiger partial charge >= 0.3 is 0 Å². The average Bonchev–Trinajstić information content (AvgIpc) is 2.78. The minimum absolute atomic E-state index is 0.0778. The Morgan fingerprint density at radius 3 is 2.76 bits per heavy atom. The molecule has 2 N–H and O–H groups in total. The van der Waals surface area contributed by atoms with Crippen LogP contribution >= 0.6 is 0 Å². The van der Waals surface area contributed by atoms with Gasteiger partial charge < -0.3 is 14.8 Å². The predicted octanol–water partition coefficient (Wildman–Crippen LogP) is 0.726. The van der Waals surface area contributed by atoms with E-state index in [1.54, 1.807) is 26.0 Å². The van der Waals surface area contributed by atoms with Gasteiger partial charge in [-0.05, 0) is 19.1 Å². The summed E-state index contributed by atoms with van der Waals surface area (Å²) in [6, 6.07) is 3.19. The fourth-order valence-corrected chi connectivity index (χ4v) is 2.57. The Morgan fingerprint density at radius 1 is 1.53 bits per heavy atom. The number of furan rings is 1. The van der Waals surface area contributed by atoms with Gasteiger partial charge in [0.2, 0.25) is 0 Å². The van der Waals surface area contributed by atoms with E-state index in [9.17, 15) is 13.5 Å². The molecule has 17 heavy (non-hydrogen) atoms. The van der Waals surface area contributed by atoms with Crippen molar-refractivity contribution in [1.29, 1.82) is 0 Å². The van der Waals surface area contributed by atoms with E-state index in [1.165, 1.54) is 6.26 Å². The Balaban J connectivity index is 2.36. The molecule has 0 radical (unpaired) electrons. The second-order valence-corrected chi connectivity index (χ2v) is 6.44. The van der Waals surface area contributed by atoms with E-state index in [2.05, 4.69) is 5.32 Å². The Morgan fingerprint density at radius 2 is 2.24 bits per heavy atom. The normalized spacial score (nSPS) is 15.7. The van der Waals surface area contributed by atoms with Gasteiger partial charge in [0.05, 0.1) is 12.0 Å². The summed E-state index contributed by atoms with van der Waals surface area (Å²) in [5.74, 6) is 0.691. The number of nitrogens with one attached hydrogen (secondary N) is 1. The van der Waals surface area contributed by atoms with E-state index in [4.69, 9.17) is 4.42 Å². The smallest absolute Gasteiger partial charge is 0.151 e. The topological polar surface area (TPSA) is 79.5 Å². The van der Waals surface area contributed by atoms with Crippen LogP contribution in [0.5, 0.6) is 0 Å². The van der Waals surface area contributed by atoms with Crippen LogP contribution in [0.4, 0.5) is 0 Å². The van der Waals surface area contributed by atoms with Crippen molar-refractivity contribution in [3.63, 3.8) is 0 Å². The molecule has 1 rings (SSSR count). The summed E-state index contributed by atoms with van der Waals surface area (Å²) in [4.78, 5) is 0. The van der Waals surface area contributed by atoms with Crippen LogP contribution in [0, 0.1) is 0 Å². The lowest BCUT2D eigenvalue weighted by Gasteiger charge is -2.15. The third kappa shape index (κ3) is 4.89. The lowest BCUT2D eigenvalue weighted by molar-refractivity contribution is 0.145. The molecule has 1 aromatic rings. The summed E-state index contributed by atoms with van der Waals surface area (Å²) in [6.07, 6.45) is 0.737. The highest BCUT2D eigenvalue weighted by Crippen LogP contribution is 2.11. The van der Waals surface area contributed by atoms with Gasteiger partial charge in [0.15, 0.2) is 9.84 Å². The summed E-state index contributed by atoms with van der Waals surface area (Å²) >= 11 is 0. The SMILES string of the molecule is CCS(=O)(=O)CC(C)NCC(O)c1ccco1. The molecule has 1 heterocycles. The van der Waals surface area contributed by atoms with Gasteiger partial charge in [-0.1, -0.05) is 6.92 Å². The quantitative estimate of drug-likeness (QED) is 0.756. The van der Waals surface area contributed by atoms with Crippen LogP contribution in [0.1, 0.15) is 25.7 Å². The van der Waals surface area contributed by atoms with E-state index in [0.717, 1.165) is 0 Å². The van der Waals surface area contributed by atoms with Crippen LogP contribution in [0.2, 0.25) is 0 Å². The van der Waals surface area contributed by atoms with E-state index in [0.29, 0.717) is 5.76 Å². The van der Waals surface area contributed by atoms with E-state index < -0.39 is 15.9 Å². The van der Waals surface area contributed by atoms with Gasteiger partial charge in [-0.2, -0.15) is 0 Å². The molecule has 0 saturated carbocycles.